The van der Waals surface area contributed by atoms with Gasteiger partial charge in [0.1, 0.15) is 12.4 Å². The standard InChI is InChI=1S/C16H15ClNO.Y/c1-4-11-19-14-7-5-13(6-8-14)16-10-9-15(17)12(2)18(16)3;/h4-9H,1-2,11H2,3H3;/q-1;. The fourth-order valence-corrected chi connectivity index (χ4v) is 1.93. The molecule has 0 saturated heterocycles. The van der Waals surface area contributed by atoms with Crippen molar-refractivity contribution >= 4 is 17.3 Å². The van der Waals surface area contributed by atoms with Gasteiger partial charge in [0.15, 0.2) is 0 Å². The third kappa shape index (κ3) is 3.85. The second-order valence-electron chi connectivity index (χ2n) is 4.11. The molecule has 1 aliphatic rings. The fourth-order valence-electron chi connectivity index (χ4n) is 1.75. The molecule has 20 heavy (non-hydrogen) atoms. The predicted octanol–water partition coefficient (Wildman–Crippen LogP) is 3.97. The van der Waals surface area contributed by atoms with E-state index in [1.807, 2.05) is 36.2 Å². The molecule has 0 spiro atoms. The van der Waals surface area contributed by atoms with Crippen LogP contribution in [0, 0.1) is 6.08 Å². The van der Waals surface area contributed by atoms with Crippen LogP contribution >= 0.6 is 11.6 Å². The topological polar surface area (TPSA) is 12.5 Å². The quantitative estimate of drug-likeness (QED) is 0.594. The predicted molar refractivity (Wildman–Crippen MR) is 79.6 cm³/mol. The SMILES string of the molecule is C=CCOc1ccc(C2=[C-]C=C(Cl)C(=C)N2C)cc1.[Y]. The molecular formula is C16H15ClNOY-. The number of benzene rings is 1. The molecule has 0 atom stereocenters. The molecule has 101 valence electrons. The monoisotopic (exact) mass is 361 g/mol. The second-order valence-corrected chi connectivity index (χ2v) is 4.52. The Labute approximate surface area is 150 Å². The molecule has 1 aromatic carbocycles. The molecule has 0 bridgehead atoms. The Kier molecular flexibility index (Phi) is 6.74. The summed E-state index contributed by atoms with van der Waals surface area (Å²) in [6.45, 7) is 8.06. The Morgan fingerprint density at radius 3 is 2.60 bits per heavy atom. The van der Waals surface area contributed by atoms with Crippen LogP contribution in [0.1, 0.15) is 5.56 Å². The molecule has 0 saturated carbocycles. The number of likely N-dealkylation sites (N-methyl/N-ethyl adjacent to an activating group) is 1. The minimum atomic E-state index is 0. The molecule has 2 rings (SSSR count). The van der Waals surface area contributed by atoms with E-state index in [0.717, 1.165) is 22.7 Å². The summed E-state index contributed by atoms with van der Waals surface area (Å²) in [6, 6.07) is 7.81. The van der Waals surface area contributed by atoms with Crippen molar-refractivity contribution in [1.82, 2.24) is 4.90 Å². The number of nitrogens with zero attached hydrogens (tertiary/aromatic N) is 1. The molecule has 0 N–H and O–H groups in total. The zero-order valence-electron chi connectivity index (χ0n) is 11.4. The first kappa shape index (κ1) is 17.2. The molecule has 1 heterocycles. The van der Waals surface area contributed by atoms with Crippen LogP contribution in [0.4, 0.5) is 0 Å². The van der Waals surface area contributed by atoms with E-state index in [1.165, 1.54) is 0 Å². The van der Waals surface area contributed by atoms with Crippen LogP contribution in [0.3, 0.4) is 0 Å². The average Bonchev–Trinajstić information content (AvgIpc) is 2.44. The van der Waals surface area contributed by atoms with E-state index in [0.29, 0.717) is 11.6 Å². The number of hydrogen-bond donors (Lipinski definition) is 0. The minimum Gasteiger partial charge on any atom is -0.490 e. The van der Waals surface area contributed by atoms with Gasteiger partial charge in [-0.25, -0.2) is 0 Å². The van der Waals surface area contributed by atoms with Crippen LogP contribution in [0.15, 0.2) is 60.3 Å². The van der Waals surface area contributed by atoms with Crippen LogP contribution in [-0.2, 0) is 32.7 Å². The molecular weight excluding hydrogens is 347 g/mol. The second kappa shape index (κ2) is 7.82. The van der Waals surface area contributed by atoms with E-state index in [-0.39, 0.29) is 32.7 Å². The Balaban J connectivity index is 0.00000200. The van der Waals surface area contributed by atoms with Crippen LogP contribution in [0.25, 0.3) is 5.70 Å². The van der Waals surface area contributed by atoms with E-state index >= 15 is 0 Å². The summed E-state index contributed by atoms with van der Waals surface area (Å²) in [7, 11) is 1.92. The van der Waals surface area contributed by atoms with E-state index in [1.54, 1.807) is 12.2 Å². The first-order valence-electron chi connectivity index (χ1n) is 5.89. The van der Waals surface area contributed by atoms with Gasteiger partial charge in [-0.05, 0) is 22.9 Å². The van der Waals surface area contributed by atoms with Gasteiger partial charge < -0.3 is 9.64 Å². The van der Waals surface area contributed by atoms with Crippen LogP contribution in [0.2, 0.25) is 0 Å². The molecule has 0 aliphatic carbocycles. The van der Waals surface area contributed by atoms with Gasteiger partial charge >= 0.3 is 0 Å². The molecule has 0 aromatic heterocycles. The Morgan fingerprint density at radius 1 is 1.35 bits per heavy atom. The Bertz CT molecular complexity index is 560. The zero-order chi connectivity index (χ0) is 13.8. The molecule has 4 heteroatoms. The van der Waals surface area contributed by atoms with Gasteiger partial charge in [-0.3, -0.25) is 0 Å². The third-order valence-corrected chi connectivity index (χ3v) is 3.17. The van der Waals surface area contributed by atoms with E-state index in [9.17, 15) is 0 Å². The summed E-state index contributed by atoms with van der Waals surface area (Å²) in [5.74, 6) is 0.815. The maximum absolute atomic E-state index is 6.01. The number of allylic oxidation sites excluding steroid dienone is 3. The van der Waals surface area contributed by atoms with Gasteiger partial charge in [0.2, 0.25) is 0 Å². The van der Waals surface area contributed by atoms with E-state index in [4.69, 9.17) is 16.3 Å². The van der Waals surface area contributed by atoms with Crippen molar-refractivity contribution in [2.24, 2.45) is 0 Å². The van der Waals surface area contributed by atoms with Crippen molar-refractivity contribution in [2.75, 3.05) is 13.7 Å². The minimum absolute atomic E-state index is 0. The van der Waals surface area contributed by atoms with Crippen LogP contribution < -0.4 is 4.74 Å². The number of rotatable bonds is 4. The van der Waals surface area contributed by atoms with Crippen molar-refractivity contribution in [1.29, 1.82) is 0 Å². The van der Waals surface area contributed by atoms with Crippen molar-refractivity contribution in [2.45, 2.75) is 0 Å². The van der Waals surface area contributed by atoms with Crippen molar-refractivity contribution in [3.8, 4) is 5.75 Å². The summed E-state index contributed by atoms with van der Waals surface area (Å²) in [4.78, 5) is 1.92. The molecule has 0 fully saturated rings. The number of halogens is 1. The molecule has 1 radical (unpaired) electrons. The maximum Gasteiger partial charge on any atom is 0.117 e. The van der Waals surface area contributed by atoms with Crippen LogP contribution in [0.5, 0.6) is 5.75 Å². The van der Waals surface area contributed by atoms with Crippen LogP contribution in [-0.4, -0.2) is 18.6 Å². The smallest absolute Gasteiger partial charge is 0.117 e. The van der Waals surface area contributed by atoms with Gasteiger partial charge in [0.25, 0.3) is 0 Å². The van der Waals surface area contributed by atoms with Crippen molar-refractivity contribution in [3.63, 3.8) is 0 Å². The van der Waals surface area contributed by atoms with Gasteiger partial charge in [0, 0.05) is 39.8 Å². The summed E-state index contributed by atoms with van der Waals surface area (Å²) < 4.78 is 5.45. The maximum atomic E-state index is 6.01. The first-order chi connectivity index (χ1) is 9.13. The van der Waals surface area contributed by atoms with E-state index in [2.05, 4.69) is 19.2 Å². The normalized spacial score (nSPS) is 14.1. The summed E-state index contributed by atoms with van der Waals surface area (Å²) in [5.41, 5.74) is 2.74. The summed E-state index contributed by atoms with van der Waals surface area (Å²) >= 11 is 6.01. The van der Waals surface area contributed by atoms with Gasteiger partial charge in [-0.15, -0.1) is 12.1 Å². The summed E-state index contributed by atoms with van der Waals surface area (Å²) in [6.07, 6.45) is 6.61. The van der Waals surface area contributed by atoms with Gasteiger partial charge in [-0.1, -0.05) is 30.5 Å². The Morgan fingerprint density at radius 2 is 2.00 bits per heavy atom. The average molecular weight is 362 g/mol. The largest absolute Gasteiger partial charge is 0.490 e. The molecule has 0 unspecified atom stereocenters. The van der Waals surface area contributed by atoms with Crippen molar-refractivity contribution < 1.29 is 37.4 Å². The van der Waals surface area contributed by atoms with Gasteiger partial charge in [-0.2, -0.15) is 23.8 Å². The molecule has 0 amide bonds. The molecule has 1 aromatic rings. The summed E-state index contributed by atoms with van der Waals surface area (Å²) in [5, 5.41) is 0.609. The zero-order valence-corrected chi connectivity index (χ0v) is 15.0. The third-order valence-electron chi connectivity index (χ3n) is 2.85. The number of ether oxygens (including phenoxy) is 1. The first-order valence-corrected chi connectivity index (χ1v) is 6.27. The molecule has 2 nitrogen and oxygen atoms in total. The molecule has 1 aliphatic heterocycles. The van der Waals surface area contributed by atoms with E-state index < -0.39 is 0 Å². The fraction of sp³-hybridized carbons (Fsp3) is 0.125. The van der Waals surface area contributed by atoms with Gasteiger partial charge in [0.05, 0.1) is 0 Å². The van der Waals surface area contributed by atoms with Crippen molar-refractivity contribution in [3.05, 3.63) is 71.9 Å². The number of hydrogen-bond acceptors (Lipinski definition) is 2. The Hall–Kier alpha value is -0.826.